The van der Waals surface area contributed by atoms with Crippen LogP contribution in [0.4, 0.5) is 0 Å². The Balaban J connectivity index is 2.19. The molecule has 0 bridgehead atoms. The third-order valence-corrected chi connectivity index (χ3v) is 3.66. The van der Waals surface area contributed by atoms with Crippen LogP contribution in [0.5, 0.6) is 0 Å². The molecule has 1 aromatic rings. The molecule has 1 aliphatic rings. The maximum atomic E-state index is 12.5. The van der Waals surface area contributed by atoms with Gasteiger partial charge >= 0.3 is 0 Å². The molecule has 1 unspecified atom stereocenters. The number of carbonyl (C=O) groups is 1. The Labute approximate surface area is 113 Å². The largest absolute Gasteiger partial charge is 0.335 e. The second-order valence-electron chi connectivity index (χ2n) is 4.96. The molecule has 1 aromatic heterocycles. The van der Waals surface area contributed by atoms with Gasteiger partial charge in [-0.05, 0) is 32.4 Å². The van der Waals surface area contributed by atoms with Crippen molar-refractivity contribution in [1.82, 2.24) is 14.8 Å². The van der Waals surface area contributed by atoms with Crippen molar-refractivity contribution in [3.63, 3.8) is 0 Å². The topological polar surface area (TPSA) is 54.3 Å². The summed E-state index contributed by atoms with van der Waals surface area (Å²) in [6.45, 7) is 4.51. The van der Waals surface area contributed by atoms with Crippen LogP contribution < -0.4 is 10.9 Å². The van der Waals surface area contributed by atoms with Gasteiger partial charge in [0.1, 0.15) is 0 Å². The molecule has 104 valence electrons. The van der Waals surface area contributed by atoms with E-state index in [2.05, 4.69) is 5.32 Å². The summed E-state index contributed by atoms with van der Waals surface area (Å²) in [5.74, 6) is -0.0473. The van der Waals surface area contributed by atoms with Crippen LogP contribution in [0, 0.1) is 0 Å². The molecule has 0 saturated carbocycles. The Morgan fingerprint density at radius 2 is 2.37 bits per heavy atom. The number of piperidine rings is 1. The minimum absolute atomic E-state index is 0.0473. The zero-order valence-corrected chi connectivity index (χ0v) is 11.6. The summed E-state index contributed by atoms with van der Waals surface area (Å²) in [5, 5.41) is 3.32. The number of carbonyl (C=O) groups excluding carboxylic acids is 1. The van der Waals surface area contributed by atoms with Crippen molar-refractivity contribution in [2.75, 3.05) is 19.6 Å². The van der Waals surface area contributed by atoms with Crippen molar-refractivity contribution in [2.24, 2.45) is 7.05 Å². The zero-order chi connectivity index (χ0) is 13.8. The van der Waals surface area contributed by atoms with Gasteiger partial charge in [0.15, 0.2) is 0 Å². The highest BCUT2D eigenvalue weighted by Gasteiger charge is 2.24. The first kappa shape index (κ1) is 13.8. The van der Waals surface area contributed by atoms with E-state index in [1.807, 2.05) is 11.8 Å². The molecule has 0 aliphatic carbocycles. The fraction of sp³-hybridized carbons (Fsp3) is 0.571. The van der Waals surface area contributed by atoms with Gasteiger partial charge in [0.25, 0.3) is 11.5 Å². The summed E-state index contributed by atoms with van der Waals surface area (Å²) in [7, 11) is 1.68. The minimum atomic E-state index is -0.149. The second-order valence-corrected chi connectivity index (χ2v) is 4.96. The van der Waals surface area contributed by atoms with Gasteiger partial charge in [0.2, 0.25) is 0 Å². The number of aromatic nitrogens is 1. The van der Waals surface area contributed by atoms with Crippen molar-refractivity contribution < 1.29 is 4.79 Å². The molecule has 5 heteroatoms. The number of amides is 1. The van der Waals surface area contributed by atoms with Crippen molar-refractivity contribution in [3.05, 3.63) is 34.2 Å². The van der Waals surface area contributed by atoms with Crippen LogP contribution in [0.25, 0.3) is 0 Å². The third-order valence-electron chi connectivity index (χ3n) is 3.66. The monoisotopic (exact) mass is 263 g/mol. The molecule has 0 radical (unpaired) electrons. The quantitative estimate of drug-likeness (QED) is 0.869. The van der Waals surface area contributed by atoms with Crippen molar-refractivity contribution in [1.29, 1.82) is 0 Å². The van der Waals surface area contributed by atoms with Gasteiger partial charge in [-0.15, -0.1) is 0 Å². The first-order valence-corrected chi connectivity index (χ1v) is 6.82. The maximum Gasteiger partial charge on any atom is 0.254 e. The molecule has 1 amide bonds. The van der Waals surface area contributed by atoms with Gasteiger partial charge in [-0.3, -0.25) is 9.59 Å². The van der Waals surface area contributed by atoms with Crippen LogP contribution in [0.15, 0.2) is 23.1 Å². The van der Waals surface area contributed by atoms with E-state index in [4.69, 9.17) is 0 Å². The highest BCUT2D eigenvalue weighted by molar-refractivity contribution is 5.94. The van der Waals surface area contributed by atoms with Crippen molar-refractivity contribution in [3.8, 4) is 0 Å². The van der Waals surface area contributed by atoms with Gasteiger partial charge < -0.3 is 14.8 Å². The van der Waals surface area contributed by atoms with Gasteiger partial charge in [0, 0.05) is 44.0 Å². The molecule has 0 aromatic carbocycles. The number of hydrogen-bond donors (Lipinski definition) is 1. The Kier molecular flexibility index (Phi) is 4.37. The van der Waals surface area contributed by atoms with Gasteiger partial charge in [-0.2, -0.15) is 0 Å². The lowest BCUT2D eigenvalue weighted by atomic mass is 10.0. The van der Waals surface area contributed by atoms with Gasteiger partial charge in [-0.25, -0.2) is 0 Å². The smallest absolute Gasteiger partial charge is 0.254 e. The summed E-state index contributed by atoms with van der Waals surface area (Å²) in [6.07, 6.45) is 3.75. The fourth-order valence-corrected chi connectivity index (χ4v) is 2.51. The SMILES string of the molecule is CCN(C(=O)c1ccn(C)c(=O)c1)C1CCCNC1. The lowest BCUT2D eigenvalue weighted by Crippen LogP contribution is -2.48. The normalized spacial score (nSPS) is 19.2. The summed E-state index contributed by atoms with van der Waals surface area (Å²) in [5.41, 5.74) is 0.333. The summed E-state index contributed by atoms with van der Waals surface area (Å²) in [4.78, 5) is 26.0. The van der Waals surface area contributed by atoms with Gasteiger partial charge in [-0.1, -0.05) is 0 Å². The molecule has 2 rings (SSSR count). The highest BCUT2D eigenvalue weighted by Crippen LogP contribution is 2.13. The first-order chi connectivity index (χ1) is 9.13. The molecule has 2 heterocycles. The lowest BCUT2D eigenvalue weighted by Gasteiger charge is -2.34. The van der Waals surface area contributed by atoms with E-state index in [1.165, 1.54) is 10.6 Å². The van der Waals surface area contributed by atoms with Gasteiger partial charge in [0.05, 0.1) is 0 Å². The van der Waals surface area contributed by atoms with E-state index in [-0.39, 0.29) is 17.5 Å². The Morgan fingerprint density at radius 3 is 2.95 bits per heavy atom. The third kappa shape index (κ3) is 3.04. The molecule has 5 nitrogen and oxygen atoms in total. The lowest BCUT2D eigenvalue weighted by molar-refractivity contribution is 0.0662. The van der Waals surface area contributed by atoms with E-state index in [1.54, 1.807) is 19.3 Å². The number of likely N-dealkylation sites (N-methyl/N-ethyl adjacent to an activating group) is 1. The number of hydrogen-bond acceptors (Lipinski definition) is 3. The fourth-order valence-electron chi connectivity index (χ4n) is 2.51. The summed E-state index contributed by atoms with van der Waals surface area (Å²) >= 11 is 0. The van der Waals surface area contributed by atoms with Crippen molar-refractivity contribution >= 4 is 5.91 Å². The molecule has 0 spiro atoms. The van der Waals surface area contributed by atoms with E-state index in [9.17, 15) is 9.59 Å². The molecular weight excluding hydrogens is 242 g/mol. The molecule has 1 fully saturated rings. The van der Waals surface area contributed by atoms with Crippen LogP contribution in [-0.2, 0) is 7.05 Å². The van der Waals surface area contributed by atoms with E-state index >= 15 is 0 Å². The van der Waals surface area contributed by atoms with Crippen LogP contribution in [0.2, 0.25) is 0 Å². The van der Waals surface area contributed by atoms with Crippen LogP contribution in [0.3, 0.4) is 0 Å². The molecular formula is C14H21N3O2. The van der Waals surface area contributed by atoms with Crippen molar-refractivity contribution in [2.45, 2.75) is 25.8 Å². The molecule has 1 atom stereocenters. The van der Waals surface area contributed by atoms with E-state index < -0.39 is 0 Å². The highest BCUT2D eigenvalue weighted by atomic mass is 16.2. The van der Waals surface area contributed by atoms with Crippen LogP contribution in [-0.4, -0.2) is 41.1 Å². The average Bonchev–Trinajstić information content (AvgIpc) is 2.44. The van der Waals surface area contributed by atoms with Crippen LogP contribution >= 0.6 is 0 Å². The molecule has 1 N–H and O–H groups in total. The standard InChI is InChI=1S/C14H21N3O2/c1-3-17(12-5-4-7-15-10-12)14(19)11-6-8-16(2)13(18)9-11/h6,8-9,12,15H,3-5,7,10H2,1-2H3. The summed E-state index contributed by atoms with van der Waals surface area (Å²) in [6, 6.07) is 3.36. The second kappa shape index (κ2) is 6.02. The Morgan fingerprint density at radius 1 is 1.58 bits per heavy atom. The molecule has 19 heavy (non-hydrogen) atoms. The average molecular weight is 263 g/mol. The molecule has 1 saturated heterocycles. The van der Waals surface area contributed by atoms with Crippen LogP contribution in [0.1, 0.15) is 30.1 Å². The van der Waals surface area contributed by atoms with E-state index in [0.717, 1.165) is 25.9 Å². The number of nitrogens with one attached hydrogen (secondary N) is 1. The van der Waals surface area contributed by atoms with E-state index in [0.29, 0.717) is 12.1 Å². The Hall–Kier alpha value is -1.62. The minimum Gasteiger partial charge on any atom is -0.335 e. The number of nitrogens with zero attached hydrogens (tertiary/aromatic N) is 2. The summed E-state index contributed by atoms with van der Waals surface area (Å²) < 4.78 is 1.47. The molecule has 1 aliphatic heterocycles. The number of aryl methyl sites for hydroxylation is 1. The predicted molar refractivity (Wildman–Crippen MR) is 74.3 cm³/mol. The predicted octanol–water partition coefficient (Wildman–Crippen LogP) is 0.599. The first-order valence-electron chi connectivity index (χ1n) is 6.82. The number of pyridine rings is 1. The maximum absolute atomic E-state index is 12.5. The number of rotatable bonds is 3. The Bertz CT molecular complexity index is 504. The zero-order valence-electron chi connectivity index (χ0n) is 11.6.